The highest BCUT2D eigenvalue weighted by atomic mass is 35.5. The topological polar surface area (TPSA) is 47.6 Å². The van der Waals surface area contributed by atoms with Crippen LogP contribution in [0.2, 0.25) is 5.02 Å². The highest BCUT2D eigenvalue weighted by molar-refractivity contribution is 6.32. The Bertz CT molecular complexity index is 688. The summed E-state index contributed by atoms with van der Waals surface area (Å²) in [5.41, 5.74) is 1.55. The molecule has 5 heteroatoms. The molecule has 0 aliphatic carbocycles. The van der Waals surface area contributed by atoms with E-state index in [0.29, 0.717) is 22.9 Å². The fourth-order valence-corrected chi connectivity index (χ4v) is 2.35. The lowest BCUT2D eigenvalue weighted by molar-refractivity contribution is 0.0926. The maximum Gasteiger partial charge on any atom is 0.251 e. The van der Waals surface area contributed by atoms with E-state index in [1.807, 2.05) is 38.1 Å². The molecule has 0 aromatic heterocycles. The minimum atomic E-state index is -0.199. The Hall–Kier alpha value is -2.20. The first-order chi connectivity index (χ1) is 11.0. The molecule has 122 valence electrons. The molecule has 0 saturated carbocycles. The van der Waals surface area contributed by atoms with Crippen LogP contribution < -0.4 is 14.8 Å². The third kappa shape index (κ3) is 4.63. The zero-order chi connectivity index (χ0) is 16.8. The average Bonchev–Trinajstić information content (AvgIpc) is 2.54. The third-order valence-electron chi connectivity index (χ3n) is 3.37. The molecule has 0 spiro atoms. The van der Waals surface area contributed by atoms with Gasteiger partial charge in [0.2, 0.25) is 0 Å². The number of carbonyl (C=O) groups is 1. The molecule has 2 aromatic rings. The van der Waals surface area contributed by atoms with Crippen molar-refractivity contribution < 1.29 is 14.3 Å². The number of para-hydroxylation sites is 1. The molecule has 0 fully saturated rings. The maximum absolute atomic E-state index is 12.2. The first kappa shape index (κ1) is 17.2. The number of nitrogens with one attached hydrogen (secondary N) is 1. The Morgan fingerprint density at radius 3 is 2.61 bits per heavy atom. The van der Waals surface area contributed by atoms with Crippen LogP contribution in [0.1, 0.15) is 22.8 Å². The zero-order valence-electron chi connectivity index (χ0n) is 13.4. The van der Waals surface area contributed by atoms with E-state index >= 15 is 0 Å². The summed E-state index contributed by atoms with van der Waals surface area (Å²) in [5.74, 6) is 1.16. The summed E-state index contributed by atoms with van der Waals surface area (Å²) in [7, 11) is 1.53. The van der Waals surface area contributed by atoms with Crippen molar-refractivity contribution in [3.63, 3.8) is 0 Å². The van der Waals surface area contributed by atoms with Gasteiger partial charge in [-0.25, -0.2) is 0 Å². The van der Waals surface area contributed by atoms with Gasteiger partial charge in [-0.05, 0) is 43.7 Å². The number of hydrogen-bond donors (Lipinski definition) is 1. The van der Waals surface area contributed by atoms with Crippen LogP contribution in [-0.4, -0.2) is 25.7 Å². The van der Waals surface area contributed by atoms with Crippen LogP contribution in [-0.2, 0) is 0 Å². The van der Waals surface area contributed by atoms with E-state index in [1.54, 1.807) is 18.2 Å². The highest BCUT2D eigenvalue weighted by Gasteiger charge is 2.12. The molecule has 0 aliphatic heterocycles. The van der Waals surface area contributed by atoms with Crippen molar-refractivity contribution in [2.45, 2.75) is 19.9 Å². The summed E-state index contributed by atoms with van der Waals surface area (Å²) >= 11 is 6.04. The van der Waals surface area contributed by atoms with Gasteiger partial charge in [0, 0.05) is 5.56 Å². The quantitative estimate of drug-likeness (QED) is 0.873. The van der Waals surface area contributed by atoms with Gasteiger partial charge in [0.25, 0.3) is 5.91 Å². The number of hydrogen-bond acceptors (Lipinski definition) is 3. The number of halogens is 1. The number of carbonyl (C=O) groups excluding carboxylic acids is 1. The fraction of sp³-hybridized carbons (Fsp3) is 0.278. The van der Waals surface area contributed by atoms with E-state index in [2.05, 4.69) is 5.32 Å². The molecular weight excluding hydrogens is 314 g/mol. The van der Waals surface area contributed by atoms with E-state index < -0.39 is 0 Å². The van der Waals surface area contributed by atoms with Crippen molar-refractivity contribution >= 4 is 17.5 Å². The van der Waals surface area contributed by atoms with Gasteiger partial charge in [0.15, 0.2) is 0 Å². The molecular formula is C18H20ClNO3. The summed E-state index contributed by atoms with van der Waals surface area (Å²) in [5, 5.41) is 3.29. The number of amides is 1. The largest absolute Gasteiger partial charge is 0.495 e. The summed E-state index contributed by atoms with van der Waals surface area (Å²) in [6, 6.07) is 12.6. The molecule has 0 heterocycles. The highest BCUT2D eigenvalue weighted by Crippen LogP contribution is 2.24. The number of rotatable bonds is 6. The van der Waals surface area contributed by atoms with Gasteiger partial charge in [-0.2, -0.15) is 0 Å². The second-order valence-corrected chi connectivity index (χ2v) is 5.71. The van der Waals surface area contributed by atoms with Crippen LogP contribution in [0.15, 0.2) is 42.5 Å². The first-order valence-electron chi connectivity index (χ1n) is 7.34. The van der Waals surface area contributed by atoms with Gasteiger partial charge in [-0.15, -0.1) is 0 Å². The van der Waals surface area contributed by atoms with Gasteiger partial charge in [0.05, 0.1) is 18.2 Å². The summed E-state index contributed by atoms with van der Waals surface area (Å²) < 4.78 is 10.8. The second kappa shape index (κ2) is 7.88. The van der Waals surface area contributed by atoms with Crippen LogP contribution >= 0.6 is 11.6 Å². The van der Waals surface area contributed by atoms with E-state index in [4.69, 9.17) is 21.1 Å². The molecule has 2 aromatic carbocycles. The van der Waals surface area contributed by atoms with E-state index in [0.717, 1.165) is 11.3 Å². The van der Waals surface area contributed by atoms with Crippen molar-refractivity contribution in [2.24, 2.45) is 0 Å². The lowest BCUT2D eigenvalue weighted by atomic mass is 10.2. The van der Waals surface area contributed by atoms with Crippen molar-refractivity contribution in [1.82, 2.24) is 5.32 Å². The Kier molecular flexibility index (Phi) is 5.88. The second-order valence-electron chi connectivity index (χ2n) is 5.30. The van der Waals surface area contributed by atoms with E-state index in [1.165, 1.54) is 7.11 Å². The Morgan fingerprint density at radius 1 is 1.22 bits per heavy atom. The summed E-state index contributed by atoms with van der Waals surface area (Å²) in [6.07, 6.45) is 0. The SMILES string of the molecule is COc1ccc(C(=O)N[C@@H](C)COc2ccccc2C)cc1Cl. The van der Waals surface area contributed by atoms with E-state index in [9.17, 15) is 4.79 Å². The molecule has 0 saturated heterocycles. The van der Waals surface area contributed by atoms with Crippen LogP contribution in [0.5, 0.6) is 11.5 Å². The molecule has 0 bridgehead atoms. The Morgan fingerprint density at radius 2 is 1.96 bits per heavy atom. The predicted molar refractivity (Wildman–Crippen MR) is 91.6 cm³/mol. The summed E-state index contributed by atoms with van der Waals surface area (Å²) in [6.45, 7) is 4.26. The lowest BCUT2D eigenvalue weighted by Crippen LogP contribution is -2.36. The van der Waals surface area contributed by atoms with Crippen LogP contribution in [0.4, 0.5) is 0 Å². The molecule has 0 aliphatic rings. The zero-order valence-corrected chi connectivity index (χ0v) is 14.2. The summed E-state index contributed by atoms with van der Waals surface area (Å²) in [4.78, 5) is 12.2. The Labute approximate surface area is 141 Å². The van der Waals surface area contributed by atoms with E-state index in [-0.39, 0.29) is 11.9 Å². The van der Waals surface area contributed by atoms with Gasteiger partial charge in [0.1, 0.15) is 18.1 Å². The molecule has 1 amide bonds. The molecule has 0 unspecified atom stereocenters. The molecule has 1 atom stereocenters. The molecule has 2 rings (SSSR count). The van der Waals surface area contributed by atoms with Crippen LogP contribution in [0.25, 0.3) is 0 Å². The molecule has 23 heavy (non-hydrogen) atoms. The van der Waals surface area contributed by atoms with Gasteiger partial charge in [-0.3, -0.25) is 4.79 Å². The number of aryl methyl sites for hydroxylation is 1. The van der Waals surface area contributed by atoms with Crippen molar-refractivity contribution in [1.29, 1.82) is 0 Å². The minimum Gasteiger partial charge on any atom is -0.495 e. The minimum absolute atomic E-state index is 0.136. The fourth-order valence-electron chi connectivity index (χ4n) is 2.09. The monoisotopic (exact) mass is 333 g/mol. The van der Waals surface area contributed by atoms with Crippen LogP contribution in [0.3, 0.4) is 0 Å². The third-order valence-corrected chi connectivity index (χ3v) is 3.67. The first-order valence-corrected chi connectivity index (χ1v) is 7.72. The predicted octanol–water partition coefficient (Wildman–Crippen LogP) is 3.85. The van der Waals surface area contributed by atoms with Crippen LogP contribution in [0, 0.1) is 6.92 Å². The van der Waals surface area contributed by atoms with Gasteiger partial charge < -0.3 is 14.8 Å². The molecule has 1 N–H and O–H groups in total. The van der Waals surface area contributed by atoms with Gasteiger partial charge >= 0.3 is 0 Å². The standard InChI is InChI=1S/C18H20ClNO3/c1-12-6-4-5-7-16(12)23-11-13(2)20-18(21)14-8-9-17(22-3)15(19)10-14/h4-10,13H,11H2,1-3H3,(H,20,21)/t13-/m0/s1. The van der Waals surface area contributed by atoms with Crippen molar-refractivity contribution in [3.8, 4) is 11.5 Å². The normalized spacial score (nSPS) is 11.7. The smallest absolute Gasteiger partial charge is 0.251 e. The number of ether oxygens (including phenoxy) is 2. The van der Waals surface area contributed by atoms with Crippen molar-refractivity contribution in [2.75, 3.05) is 13.7 Å². The molecule has 4 nitrogen and oxygen atoms in total. The molecule has 0 radical (unpaired) electrons. The lowest BCUT2D eigenvalue weighted by Gasteiger charge is -2.16. The number of methoxy groups -OCH3 is 1. The van der Waals surface area contributed by atoms with Gasteiger partial charge in [-0.1, -0.05) is 29.8 Å². The maximum atomic E-state index is 12.2. The van der Waals surface area contributed by atoms with Crippen molar-refractivity contribution in [3.05, 3.63) is 58.6 Å². The Balaban J connectivity index is 1.92. The average molecular weight is 334 g/mol. The number of benzene rings is 2.